The van der Waals surface area contributed by atoms with Crippen LogP contribution >= 0.6 is 0 Å². The molecule has 44 heavy (non-hydrogen) atoms. The lowest BCUT2D eigenvalue weighted by Crippen LogP contribution is -2.48. The summed E-state index contributed by atoms with van der Waals surface area (Å²) in [5.41, 5.74) is 7.60. The van der Waals surface area contributed by atoms with E-state index in [1.807, 2.05) is 72.9 Å². The smallest absolute Gasteiger partial charge is 0.410 e. The molecule has 1 aliphatic heterocycles. The van der Waals surface area contributed by atoms with Crippen molar-refractivity contribution in [3.05, 3.63) is 137 Å². The van der Waals surface area contributed by atoms with E-state index < -0.39 is 0 Å². The molecule has 2 aliphatic rings. The summed E-state index contributed by atoms with van der Waals surface area (Å²) in [6, 6.07) is 33.0. The molecular weight excluding hydrogens is 553 g/mol. The molecule has 5 aromatic rings. The molecule has 0 saturated carbocycles. The molecule has 7 rings (SSSR count). The summed E-state index contributed by atoms with van der Waals surface area (Å²) in [6.45, 7) is 2.96. The quantitative estimate of drug-likeness (QED) is 0.228. The van der Waals surface area contributed by atoms with E-state index in [1.54, 1.807) is 11.0 Å². The Morgan fingerprint density at radius 1 is 0.841 bits per heavy atom. The fraction of sp³-hybridized carbons (Fsp3) is 0.194. The van der Waals surface area contributed by atoms with E-state index in [4.69, 9.17) is 9.72 Å². The van der Waals surface area contributed by atoms with Crippen LogP contribution in [-0.4, -0.2) is 47.1 Å². The van der Waals surface area contributed by atoms with Crippen LogP contribution in [0.15, 0.2) is 109 Å². The Hall–Kier alpha value is -5.24. The second-order valence-electron chi connectivity index (χ2n) is 11.1. The maximum absolute atomic E-state index is 14.8. The van der Waals surface area contributed by atoms with Crippen LogP contribution in [0.5, 0.6) is 0 Å². The number of anilines is 3. The summed E-state index contributed by atoms with van der Waals surface area (Å²) in [6.07, 6.45) is 2.22. The summed E-state index contributed by atoms with van der Waals surface area (Å²) >= 11 is 0. The number of rotatable bonds is 6. The van der Waals surface area contributed by atoms with Gasteiger partial charge < -0.3 is 19.9 Å². The molecule has 0 spiro atoms. The summed E-state index contributed by atoms with van der Waals surface area (Å²) in [5, 5.41) is 3.35. The molecule has 1 N–H and O–H groups in total. The fourth-order valence-corrected chi connectivity index (χ4v) is 6.07. The highest BCUT2D eigenvalue weighted by Gasteiger charge is 2.29. The highest BCUT2D eigenvalue weighted by atomic mass is 19.1. The van der Waals surface area contributed by atoms with Crippen molar-refractivity contribution in [2.24, 2.45) is 0 Å². The Bertz CT molecular complexity index is 1770. The van der Waals surface area contributed by atoms with Gasteiger partial charge in [0.05, 0.1) is 5.69 Å². The van der Waals surface area contributed by atoms with Crippen molar-refractivity contribution in [3.8, 4) is 11.3 Å². The molecule has 2 heterocycles. The normalized spacial score (nSPS) is 15.7. The monoisotopic (exact) mass is 585 g/mol. The molecule has 1 unspecified atom stereocenters. The summed E-state index contributed by atoms with van der Waals surface area (Å²) < 4.78 is 20.3. The number of benzene rings is 4. The largest absolute Gasteiger partial charge is 0.445 e. The number of hydrogen-bond acceptors (Lipinski definition) is 6. The zero-order valence-corrected chi connectivity index (χ0v) is 24.2. The van der Waals surface area contributed by atoms with Crippen molar-refractivity contribution in [1.29, 1.82) is 0 Å². The minimum absolute atomic E-state index is 0.0864. The van der Waals surface area contributed by atoms with Crippen molar-refractivity contribution < 1.29 is 13.9 Å². The molecule has 1 saturated heterocycles. The average Bonchev–Trinajstić information content (AvgIpc) is 3.08. The van der Waals surface area contributed by atoms with Gasteiger partial charge in [-0.25, -0.2) is 19.2 Å². The number of fused-ring (bicyclic) bond motifs is 3. The van der Waals surface area contributed by atoms with Crippen molar-refractivity contribution in [2.45, 2.75) is 18.9 Å². The van der Waals surface area contributed by atoms with Crippen LogP contribution in [-0.2, 0) is 17.8 Å². The highest BCUT2D eigenvalue weighted by Crippen LogP contribution is 2.42. The standard InChI is InChI=1S/C36H32FN5O2/c37-33-13-7-6-11-30(33)32-22-26-23-38-35(40-34(26)31-12-5-4-10-29(31)32)39-27-14-16-28(17-15-27)41-18-20-42(21-19-41)36(43)44-24-25-8-2-1-3-9-25/h1-17,23,32H,18-22,24H2,(H,38,39,40). The lowest BCUT2D eigenvalue weighted by Gasteiger charge is -2.35. The zero-order chi connectivity index (χ0) is 29.9. The molecular formula is C36H32FN5O2. The summed E-state index contributed by atoms with van der Waals surface area (Å²) in [7, 11) is 0. The minimum atomic E-state index is -0.275. The third-order valence-corrected chi connectivity index (χ3v) is 8.39. The Labute approximate surface area is 256 Å². The van der Waals surface area contributed by atoms with Gasteiger partial charge >= 0.3 is 6.09 Å². The number of nitrogens with zero attached hydrogens (tertiary/aromatic N) is 4. The van der Waals surface area contributed by atoms with E-state index >= 15 is 0 Å². The van der Waals surface area contributed by atoms with Gasteiger partial charge in [0, 0.05) is 55.2 Å². The van der Waals surface area contributed by atoms with E-state index in [9.17, 15) is 9.18 Å². The number of halogens is 1. The van der Waals surface area contributed by atoms with Gasteiger partial charge in [-0.05, 0) is 59.0 Å². The number of hydrogen-bond donors (Lipinski definition) is 1. The van der Waals surface area contributed by atoms with Gasteiger partial charge in [-0.3, -0.25) is 0 Å². The number of nitrogens with one attached hydrogen (secondary N) is 1. The predicted molar refractivity (Wildman–Crippen MR) is 170 cm³/mol. The molecule has 1 aliphatic carbocycles. The second-order valence-corrected chi connectivity index (χ2v) is 11.1. The number of carbonyl (C=O) groups excluding carboxylic acids is 1. The highest BCUT2D eigenvalue weighted by molar-refractivity contribution is 5.73. The first-order valence-electron chi connectivity index (χ1n) is 14.9. The van der Waals surface area contributed by atoms with Gasteiger partial charge in [-0.15, -0.1) is 0 Å². The van der Waals surface area contributed by atoms with Crippen molar-refractivity contribution in [2.75, 3.05) is 36.4 Å². The maximum Gasteiger partial charge on any atom is 0.410 e. The summed E-state index contributed by atoms with van der Waals surface area (Å²) in [5.74, 6) is 0.233. The molecule has 0 radical (unpaired) electrons. The molecule has 0 bridgehead atoms. The second kappa shape index (κ2) is 12.2. The van der Waals surface area contributed by atoms with Crippen LogP contribution in [0.4, 0.5) is 26.5 Å². The summed E-state index contributed by atoms with van der Waals surface area (Å²) in [4.78, 5) is 26.1. The van der Waals surface area contributed by atoms with Gasteiger partial charge in [0.15, 0.2) is 0 Å². The van der Waals surface area contributed by atoms with E-state index in [0.29, 0.717) is 31.0 Å². The Morgan fingerprint density at radius 3 is 2.32 bits per heavy atom. The maximum atomic E-state index is 14.8. The van der Waals surface area contributed by atoms with E-state index in [2.05, 4.69) is 39.5 Å². The minimum Gasteiger partial charge on any atom is -0.445 e. The van der Waals surface area contributed by atoms with Crippen molar-refractivity contribution >= 4 is 23.4 Å². The fourth-order valence-electron chi connectivity index (χ4n) is 6.07. The van der Waals surface area contributed by atoms with Crippen LogP contribution in [0, 0.1) is 5.82 Å². The van der Waals surface area contributed by atoms with Gasteiger partial charge in [-0.2, -0.15) is 0 Å². The topological polar surface area (TPSA) is 70.6 Å². The third-order valence-electron chi connectivity index (χ3n) is 8.39. The molecule has 4 aromatic carbocycles. The number of ether oxygens (including phenoxy) is 1. The number of aromatic nitrogens is 2. The molecule has 220 valence electrons. The van der Waals surface area contributed by atoms with Crippen LogP contribution in [0.25, 0.3) is 11.3 Å². The first kappa shape index (κ1) is 27.6. The van der Waals surface area contributed by atoms with Gasteiger partial charge in [0.25, 0.3) is 0 Å². The first-order valence-corrected chi connectivity index (χ1v) is 14.9. The molecule has 1 amide bonds. The predicted octanol–water partition coefficient (Wildman–Crippen LogP) is 7.17. The molecule has 8 heteroatoms. The van der Waals surface area contributed by atoms with E-state index in [-0.39, 0.29) is 24.4 Å². The Balaban J connectivity index is 0.992. The number of carbonyl (C=O) groups is 1. The molecule has 1 atom stereocenters. The Morgan fingerprint density at radius 2 is 1.55 bits per heavy atom. The first-order chi connectivity index (χ1) is 21.6. The lowest BCUT2D eigenvalue weighted by atomic mass is 9.78. The van der Waals surface area contributed by atoms with Crippen molar-refractivity contribution in [1.82, 2.24) is 14.9 Å². The molecule has 1 fully saturated rings. The van der Waals surface area contributed by atoms with Crippen LogP contribution in [0.3, 0.4) is 0 Å². The molecule has 7 nitrogen and oxygen atoms in total. The van der Waals surface area contributed by atoms with Gasteiger partial charge in [0.1, 0.15) is 12.4 Å². The van der Waals surface area contributed by atoms with Crippen LogP contribution < -0.4 is 10.2 Å². The van der Waals surface area contributed by atoms with E-state index in [1.165, 1.54) is 6.07 Å². The van der Waals surface area contributed by atoms with Crippen molar-refractivity contribution in [3.63, 3.8) is 0 Å². The van der Waals surface area contributed by atoms with Gasteiger partial charge in [0.2, 0.25) is 5.95 Å². The zero-order valence-electron chi connectivity index (χ0n) is 24.2. The van der Waals surface area contributed by atoms with E-state index in [0.717, 1.165) is 52.4 Å². The van der Waals surface area contributed by atoms with Crippen LogP contribution in [0.1, 0.15) is 28.2 Å². The third kappa shape index (κ3) is 5.71. The SMILES string of the molecule is O=C(OCc1ccccc1)N1CCN(c2ccc(Nc3ncc4c(n3)-c3ccccc3C(c3ccccc3F)C4)cc2)CC1. The van der Waals surface area contributed by atoms with Gasteiger partial charge in [-0.1, -0.05) is 72.8 Å². The Kier molecular flexibility index (Phi) is 7.63. The van der Waals surface area contributed by atoms with Crippen LogP contribution in [0.2, 0.25) is 0 Å². The molecule has 1 aromatic heterocycles. The number of piperazine rings is 1. The average molecular weight is 586 g/mol. The number of amides is 1. The lowest BCUT2D eigenvalue weighted by molar-refractivity contribution is 0.0942.